The van der Waals surface area contributed by atoms with Crippen LogP contribution in [0.4, 0.5) is 0 Å². The van der Waals surface area contributed by atoms with E-state index in [0.29, 0.717) is 0 Å². The minimum absolute atomic E-state index is 2.29. The third-order valence-corrected chi connectivity index (χ3v) is 14.8. The molecule has 4 aromatic carbocycles. The minimum Gasteiger partial charge on any atom is -0.505 e. The summed E-state index contributed by atoms with van der Waals surface area (Å²) >= 11 is 0. The second-order valence-electron chi connectivity index (χ2n) is 10.2. The van der Waals surface area contributed by atoms with Crippen molar-refractivity contribution in [2.24, 2.45) is 0 Å². The van der Waals surface area contributed by atoms with Gasteiger partial charge >= 0.3 is 0 Å². The Balaban J connectivity index is 2.29. The Kier molecular flexibility index (Phi) is 7.42. The third kappa shape index (κ3) is 4.15. The third-order valence-electron chi connectivity index (χ3n) is 7.39. The lowest BCUT2D eigenvalue weighted by atomic mass is 10.2. The standard InChI is InChI=1S/C24H16O24S4/c25-1-5(29)17-13(37)18(6(1)30)50(43,44)20-8(32)3(27)10(34)22(15(20)39)52(47,48)24-12(36)4(28)11(35)23(16(24)40)51(45,46)21-9(33)2(26)7(31)19(14(21)38)49(17,41)42/h25-40H. The van der Waals surface area contributed by atoms with Gasteiger partial charge in [0.15, 0.2) is 108 Å². The number of aromatic hydroxyl groups is 16. The van der Waals surface area contributed by atoms with Crippen LogP contribution >= 0.6 is 0 Å². The lowest BCUT2D eigenvalue weighted by molar-refractivity contribution is 0.330. The van der Waals surface area contributed by atoms with Gasteiger partial charge in [-0.25, -0.2) is 33.7 Å². The molecule has 24 nitrogen and oxygen atoms in total. The van der Waals surface area contributed by atoms with Crippen molar-refractivity contribution >= 4 is 39.3 Å². The quantitative estimate of drug-likeness (QED) is 0.0632. The van der Waals surface area contributed by atoms with Gasteiger partial charge in [0.2, 0.25) is 62.3 Å². The smallest absolute Gasteiger partial charge is 0.221 e. The number of hydrogen-bond donors (Lipinski definition) is 16. The Bertz CT molecular complexity index is 2300. The van der Waals surface area contributed by atoms with Crippen molar-refractivity contribution in [2.75, 3.05) is 0 Å². The van der Waals surface area contributed by atoms with E-state index in [1.54, 1.807) is 0 Å². The van der Waals surface area contributed by atoms with E-state index >= 15 is 0 Å². The molecule has 0 aliphatic carbocycles. The molecule has 1 aliphatic rings. The van der Waals surface area contributed by atoms with E-state index in [1.807, 2.05) is 0 Å². The minimum atomic E-state index is -6.55. The zero-order valence-corrected chi connectivity index (χ0v) is 27.3. The first-order chi connectivity index (χ1) is 23.5. The summed E-state index contributed by atoms with van der Waals surface area (Å²) in [6, 6.07) is 0. The van der Waals surface area contributed by atoms with E-state index < -0.39 is 171 Å². The van der Waals surface area contributed by atoms with Crippen LogP contribution in [-0.4, -0.2) is 115 Å². The van der Waals surface area contributed by atoms with Crippen LogP contribution in [0.2, 0.25) is 0 Å². The summed E-state index contributed by atoms with van der Waals surface area (Å²) in [5.41, 5.74) is 0. The van der Waals surface area contributed by atoms with Gasteiger partial charge in [-0.3, -0.25) is 0 Å². The van der Waals surface area contributed by atoms with Crippen molar-refractivity contribution < 1.29 is 115 Å². The maximum atomic E-state index is 13.9. The number of phenols is 16. The van der Waals surface area contributed by atoms with Crippen molar-refractivity contribution in [3.8, 4) is 92.0 Å². The molecule has 8 bridgehead atoms. The first-order valence-corrected chi connectivity index (χ1v) is 18.5. The van der Waals surface area contributed by atoms with Crippen LogP contribution < -0.4 is 0 Å². The molecule has 0 saturated heterocycles. The van der Waals surface area contributed by atoms with Crippen LogP contribution in [0.15, 0.2) is 39.2 Å². The number of benzene rings is 4. The average Bonchev–Trinajstić information content (AvgIpc) is 2.99. The molecule has 0 aromatic heterocycles. The molecule has 0 unspecified atom stereocenters. The van der Waals surface area contributed by atoms with E-state index in [1.165, 1.54) is 0 Å². The summed E-state index contributed by atoms with van der Waals surface area (Å²) in [6.45, 7) is 0. The van der Waals surface area contributed by atoms with E-state index in [0.717, 1.165) is 0 Å². The first kappa shape index (κ1) is 36.8. The summed E-state index contributed by atoms with van der Waals surface area (Å²) in [6.07, 6.45) is 0. The molecular weight excluding hydrogens is 801 g/mol. The van der Waals surface area contributed by atoms with Crippen LogP contribution in [0.3, 0.4) is 0 Å². The van der Waals surface area contributed by atoms with Gasteiger partial charge in [0.1, 0.15) is 0 Å². The van der Waals surface area contributed by atoms with Crippen molar-refractivity contribution in [1.82, 2.24) is 0 Å². The van der Waals surface area contributed by atoms with Crippen molar-refractivity contribution in [2.45, 2.75) is 39.2 Å². The van der Waals surface area contributed by atoms with Gasteiger partial charge in [-0.15, -0.1) is 0 Å². The van der Waals surface area contributed by atoms with Crippen molar-refractivity contribution in [3.63, 3.8) is 0 Å². The molecule has 280 valence electrons. The normalized spacial score (nSPS) is 16.6. The Morgan fingerprint density at radius 3 is 0.365 bits per heavy atom. The van der Waals surface area contributed by atoms with Crippen LogP contribution in [0, 0.1) is 0 Å². The lowest BCUT2D eigenvalue weighted by Gasteiger charge is -2.22. The van der Waals surface area contributed by atoms with E-state index in [9.17, 15) is 115 Å². The van der Waals surface area contributed by atoms with E-state index in [2.05, 4.69) is 0 Å². The summed E-state index contributed by atoms with van der Waals surface area (Å²) in [5, 5.41) is 169. The average molecular weight is 817 g/mol. The fourth-order valence-electron chi connectivity index (χ4n) is 5.06. The molecule has 0 radical (unpaired) electrons. The van der Waals surface area contributed by atoms with E-state index in [4.69, 9.17) is 0 Å². The number of fused-ring (bicyclic) bond motifs is 8. The number of hydrogen-bond acceptors (Lipinski definition) is 24. The summed E-state index contributed by atoms with van der Waals surface area (Å²) in [5.74, 6) is -37.9. The van der Waals surface area contributed by atoms with Gasteiger partial charge in [0.05, 0.1) is 0 Å². The van der Waals surface area contributed by atoms with Crippen LogP contribution in [-0.2, 0) is 39.3 Å². The van der Waals surface area contributed by atoms with Gasteiger partial charge in [-0.1, -0.05) is 0 Å². The second-order valence-corrected chi connectivity index (χ2v) is 17.5. The maximum absolute atomic E-state index is 13.9. The highest BCUT2D eigenvalue weighted by atomic mass is 32.2. The molecule has 5 rings (SSSR count). The van der Waals surface area contributed by atoms with Gasteiger partial charge in [0.25, 0.3) is 0 Å². The molecule has 52 heavy (non-hydrogen) atoms. The van der Waals surface area contributed by atoms with Crippen LogP contribution in [0.1, 0.15) is 0 Å². The number of rotatable bonds is 0. The maximum Gasteiger partial charge on any atom is 0.221 e. The summed E-state index contributed by atoms with van der Waals surface area (Å²) in [7, 11) is -26.2. The van der Waals surface area contributed by atoms with Gasteiger partial charge in [-0.05, 0) is 0 Å². The van der Waals surface area contributed by atoms with Gasteiger partial charge in [0, 0.05) is 0 Å². The van der Waals surface area contributed by atoms with Crippen LogP contribution in [0.5, 0.6) is 92.0 Å². The Morgan fingerprint density at radius 2 is 0.269 bits per heavy atom. The molecular formula is C24H16O24S4. The first-order valence-electron chi connectivity index (χ1n) is 12.5. The van der Waals surface area contributed by atoms with Crippen molar-refractivity contribution in [3.05, 3.63) is 0 Å². The fraction of sp³-hybridized carbons (Fsp3) is 0. The zero-order chi connectivity index (χ0) is 39.9. The predicted molar refractivity (Wildman–Crippen MR) is 154 cm³/mol. The van der Waals surface area contributed by atoms with Crippen LogP contribution in [0.25, 0.3) is 0 Å². The molecule has 1 aliphatic heterocycles. The lowest BCUT2D eigenvalue weighted by Crippen LogP contribution is -2.14. The molecule has 0 saturated carbocycles. The monoisotopic (exact) mass is 816 g/mol. The van der Waals surface area contributed by atoms with Gasteiger partial charge < -0.3 is 81.7 Å². The molecule has 16 N–H and O–H groups in total. The summed E-state index contributed by atoms with van der Waals surface area (Å²) in [4.78, 5) is -19.8. The van der Waals surface area contributed by atoms with E-state index in [-0.39, 0.29) is 0 Å². The van der Waals surface area contributed by atoms with Crippen molar-refractivity contribution in [1.29, 1.82) is 0 Å². The van der Waals surface area contributed by atoms with Gasteiger partial charge in [-0.2, -0.15) is 0 Å². The Labute approximate surface area is 285 Å². The summed E-state index contributed by atoms with van der Waals surface area (Å²) < 4.78 is 111. The number of sulfone groups is 4. The highest BCUT2D eigenvalue weighted by molar-refractivity contribution is 7.94. The zero-order valence-electron chi connectivity index (χ0n) is 24.1. The Hall–Kier alpha value is -6.52. The molecule has 0 atom stereocenters. The SMILES string of the molecule is O=S1(=O)c2c(O)c(O)c(O)c(c2O)S(=O)(=O)c2c(O)c(O)c(O)c(c2O)S(=O)(=O)c2c(O)c(O)c(O)c(c2O)S(=O)(=O)c2c(O)c(O)c(O)c1c2O. The topological polar surface area (TPSA) is 460 Å². The molecule has 28 heteroatoms. The predicted octanol–water partition coefficient (Wildman–Crippen LogP) is -1.38. The highest BCUT2D eigenvalue weighted by Crippen LogP contribution is 2.63. The molecule has 0 spiro atoms. The second kappa shape index (κ2) is 10.5. The molecule has 4 aromatic rings. The molecule has 0 fully saturated rings. The molecule has 1 heterocycles. The fourth-order valence-corrected chi connectivity index (χ4v) is 11.8. The largest absolute Gasteiger partial charge is 0.505 e. The molecule has 0 amide bonds. The highest BCUT2D eigenvalue weighted by Gasteiger charge is 2.49. The Morgan fingerprint density at radius 1 is 0.173 bits per heavy atom. The number of phenolic OH excluding ortho intramolecular Hbond substituents is 16.